The molecule has 0 aromatic rings. The lowest BCUT2D eigenvalue weighted by Gasteiger charge is -2.32. The summed E-state index contributed by atoms with van der Waals surface area (Å²) in [5.74, 6) is -1.91. The highest BCUT2D eigenvalue weighted by Crippen LogP contribution is 2.20. The van der Waals surface area contributed by atoms with Gasteiger partial charge in [-0.25, -0.2) is 0 Å². The zero-order chi connectivity index (χ0) is 18.6. The zero-order valence-corrected chi connectivity index (χ0v) is 14.0. The predicted octanol–water partition coefficient (Wildman–Crippen LogP) is -2.50. The summed E-state index contributed by atoms with van der Waals surface area (Å²) in [5, 5.41) is 24.9. The normalized spacial score (nSPS) is 26.3. The Labute approximate surface area is 140 Å². The summed E-state index contributed by atoms with van der Waals surface area (Å²) in [6.07, 6.45) is -1.26. The third-order valence-corrected chi connectivity index (χ3v) is 3.97. The van der Waals surface area contributed by atoms with Crippen molar-refractivity contribution in [1.29, 1.82) is 0 Å². The fourth-order valence-electron chi connectivity index (χ4n) is 2.19. The van der Waals surface area contributed by atoms with E-state index in [1.807, 2.05) is 0 Å². The lowest BCUT2D eigenvalue weighted by Crippen LogP contribution is -2.55. The summed E-state index contributed by atoms with van der Waals surface area (Å²) in [5.41, 5.74) is 11.0. The van der Waals surface area contributed by atoms with Crippen molar-refractivity contribution in [3.8, 4) is 0 Å². The molecule has 0 fully saturated rings. The van der Waals surface area contributed by atoms with Gasteiger partial charge in [-0.1, -0.05) is 19.9 Å². The molecule has 0 aliphatic heterocycles. The van der Waals surface area contributed by atoms with Crippen molar-refractivity contribution in [2.24, 2.45) is 17.4 Å². The Kier molecular flexibility index (Phi) is 6.88. The van der Waals surface area contributed by atoms with Gasteiger partial charge in [0.25, 0.3) is 0 Å². The van der Waals surface area contributed by atoms with Crippen LogP contribution in [0.2, 0.25) is 0 Å². The van der Waals surface area contributed by atoms with E-state index in [-0.39, 0.29) is 17.9 Å². The SMILES string of the molecule is CC(NC(=O)C1=CC(NC(=O)C(N)C(C)C)C(O)C(O)C1)C(N)=O. The molecule has 0 bridgehead atoms. The first-order valence-electron chi connectivity index (χ1n) is 7.77. The number of nitrogens with one attached hydrogen (secondary N) is 2. The lowest BCUT2D eigenvalue weighted by molar-refractivity contribution is -0.126. The average molecular weight is 342 g/mol. The van der Waals surface area contributed by atoms with Gasteiger partial charge < -0.3 is 32.3 Å². The van der Waals surface area contributed by atoms with Crippen LogP contribution in [0.25, 0.3) is 0 Å². The summed E-state index contributed by atoms with van der Waals surface area (Å²) in [7, 11) is 0. The number of rotatable bonds is 6. The first-order chi connectivity index (χ1) is 11.0. The minimum Gasteiger partial charge on any atom is -0.390 e. The maximum Gasteiger partial charge on any atom is 0.247 e. The first kappa shape index (κ1) is 20.1. The number of nitrogens with two attached hydrogens (primary N) is 2. The van der Waals surface area contributed by atoms with Crippen LogP contribution in [0.3, 0.4) is 0 Å². The number of primary amides is 1. The number of amides is 3. The van der Waals surface area contributed by atoms with Crippen molar-refractivity contribution in [1.82, 2.24) is 10.6 Å². The van der Waals surface area contributed by atoms with Crippen molar-refractivity contribution in [2.75, 3.05) is 0 Å². The molecule has 8 N–H and O–H groups in total. The van der Waals surface area contributed by atoms with Crippen molar-refractivity contribution in [2.45, 2.75) is 57.5 Å². The molecule has 0 radical (unpaired) electrons. The average Bonchev–Trinajstić information content (AvgIpc) is 2.50. The second-order valence-electron chi connectivity index (χ2n) is 6.36. The Morgan fingerprint density at radius 2 is 1.83 bits per heavy atom. The van der Waals surface area contributed by atoms with Crippen LogP contribution in [0.15, 0.2) is 11.6 Å². The van der Waals surface area contributed by atoms with Crippen molar-refractivity contribution >= 4 is 17.7 Å². The molecule has 0 heterocycles. The predicted molar refractivity (Wildman–Crippen MR) is 86.3 cm³/mol. The van der Waals surface area contributed by atoms with Gasteiger partial charge in [0.15, 0.2) is 0 Å². The quantitative estimate of drug-likeness (QED) is 0.312. The second-order valence-corrected chi connectivity index (χ2v) is 6.36. The topological polar surface area (TPSA) is 168 Å². The van der Waals surface area contributed by atoms with E-state index in [1.165, 1.54) is 13.0 Å². The first-order valence-corrected chi connectivity index (χ1v) is 7.77. The van der Waals surface area contributed by atoms with Crippen LogP contribution >= 0.6 is 0 Å². The highest BCUT2D eigenvalue weighted by atomic mass is 16.3. The number of hydrogen-bond acceptors (Lipinski definition) is 6. The summed E-state index contributed by atoms with van der Waals surface area (Å²) in [6, 6.07) is -2.63. The molecular formula is C15H26N4O5. The highest BCUT2D eigenvalue weighted by Gasteiger charge is 2.35. The van der Waals surface area contributed by atoms with Crippen molar-refractivity contribution < 1.29 is 24.6 Å². The maximum absolute atomic E-state index is 12.1. The summed E-state index contributed by atoms with van der Waals surface area (Å²) in [4.78, 5) is 35.2. The van der Waals surface area contributed by atoms with E-state index in [2.05, 4.69) is 10.6 Å². The Balaban J connectivity index is 2.88. The lowest BCUT2D eigenvalue weighted by atomic mass is 9.89. The molecule has 9 nitrogen and oxygen atoms in total. The van der Waals surface area contributed by atoms with Gasteiger partial charge in [-0.05, 0) is 12.8 Å². The molecule has 0 aromatic carbocycles. The summed E-state index contributed by atoms with van der Waals surface area (Å²) >= 11 is 0. The third kappa shape index (κ3) is 5.02. The Morgan fingerprint density at radius 1 is 1.25 bits per heavy atom. The summed E-state index contributed by atoms with van der Waals surface area (Å²) in [6.45, 7) is 4.97. The number of aliphatic hydroxyl groups excluding tert-OH is 2. The monoisotopic (exact) mass is 342 g/mol. The van der Waals surface area contributed by atoms with Gasteiger partial charge in [0.05, 0.1) is 18.2 Å². The van der Waals surface area contributed by atoms with Crippen LogP contribution in [-0.2, 0) is 14.4 Å². The Hall–Kier alpha value is -1.97. The smallest absolute Gasteiger partial charge is 0.247 e. The van der Waals surface area contributed by atoms with Crippen LogP contribution in [-0.4, -0.2) is 58.3 Å². The van der Waals surface area contributed by atoms with Gasteiger partial charge in [0.1, 0.15) is 12.1 Å². The van der Waals surface area contributed by atoms with Gasteiger partial charge in [0, 0.05) is 12.0 Å². The van der Waals surface area contributed by atoms with Crippen molar-refractivity contribution in [3.05, 3.63) is 11.6 Å². The van der Waals surface area contributed by atoms with Gasteiger partial charge in [0.2, 0.25) is 17.7 Å². The fourth-order valence-corrected chi connectivity index (χ4v) is 2.19. The molecule has 0 saturated carbocycles. The second kappa shape index (κ2) is 8.22. The molecule has 24 heavy (non-hydrogen) atoms. The zero-order valence-electron chi connectivity index (χ0n) is 14.0. The van der Waals surface area contributed by atoms with Crippen LogP contribution in [0.1, 0.15) is 27.2 Å². The number of carbonyl (C=O) groups is 3. The molecular weight excluding hydrogens is 316 g/mol. The van der Waals surface area contributed by atoms with E-state index < -0.39 is 48.1 Å². The van der Waals surface area contributed by atoms with E-state index in [0.29, 0.717) is 0 Å². The molecule has 9 heteroatoms. The molecule has 0 spiro atoms. The number of aliphatic hydroxyl groups is 2. The van der Waals surface area contributed by atoms with Gasteiger partial charge >= 0.3 is 0 Å². The van der Waals surface area contributed by atoms with E-state index in [1.54, 1.807) is 13.8 Å². The van der Waals surface area contributed by atoms with Crippen LogP contribution in [0.4, 0.5) is 0 Å². The van der Waals surface area contributed by atoms with E-state index in [9.17, 15) is 24.6 Å². The van der Waals surface area contributed by atoms with E-state index >= 15 is 0 Å². The molecule has 5 atom stereocenters. The van der Waals surface area contributed by atoms with Crippen LogP contribution in [0.5, 0.6) is 0 Å². The molecule has 136 valence electrons. The maximum atomic E-state index is 12.1. The minimum absolute atomic E-state index is 0.110. The van der Waals surface area contributed by atoms with Crippen molar-refractivity contribution in [3.63, 3.8) is 0 Å². The molecule has 0 saturated heterocycles. The molecule has 1 aliphatic rings. The van der Waals surface area contributed by atoms with Crippen LogP contribution in [0, 0.1) is 5.92 Å². The number of carbonyl (C=O) groups excluding carboxylic acids is 3. The summed E-state index contributed by atoms with van der Waals surface area (Å²) < 4.78 is 0. The van der Waals surface area contributed by atoms with E-state index in [4.69, 9.17) is 11.5 Å². The van der Waals surface area contributed by atoms with Crippen LogP contribution < -0.4 is 22.1 Å². The molecule has 3 amide bonds. The van der Waals surface area contributed by atoms with E-state index in [0.717, 1.165) is 0 Å². The standard InChI is InChI=1S/C15H26N4O5/c1-6(2)11(16)15(24)19-9-4-8(5-10(20)12(9)21)14(23)18-7(3)13(17)22/h4,6-7,9-12,20-21H,5,16H2,1-3H3,(H2,17,22)(H,18,23)(H,19,24). The molecule has 1 rings (SSSR count). The van der Waals surface area contributed by atoms with Gasteiger partial charge in [-0.3, -0.25) is 14.4 Å². The Bertz CT molecular complexity index is 534. The Morgan fingerprint density at radius 3 is 2.33 bits per heavy atom. The molecule has 5 unspecified atom stereocenters. The van der Waals surface area contributed by atoms with Gasteiger partial charge in [-0.15, -0.1) is 0 Å². The minimum atomic E-state index is -1.27. The molecule has 1 aliphatic carbocycles. The number of hydrogen-bond donors (Lipinski definition) is 6. The molecule has 0 aromatic heterocycles. The fraction of sp³-hybridized carbons (Fsp3) is 0.667. The third-order valence-electron chi connectivity index (χ3n) is 3.97. The largest absolute Gasteiger partial charge is 0.390 e. The van der Waals surface area contributed by atoms with Gasteiger partial charge in [-0.2, -0.15) is 0 Å². The highest BCUT2D eigenvalue weighted by molar-refractivity contribution is 5.97.